The quantitative estimate of drug-likeness (QED) is 0.496. The molecule has 0 bridgehead atoms. The van der Waals surface area contributed by atoms with E-state index >= 15 is 0 Å². The molecule has 0 atom stereocenters. The summed E-state index contributed by atoms with van der Waals surface area (Å²) in [7, 11) is 0. The number of halogens is 15. The van der Waals surface area contributed by atoms with Crippen LogP contribution >= 0.6 is 0 Å². The Hall–Kier alpha value is -1.31. The molecule has 0 fully saturated rings. The minimum atomic E-state index is -8.15. The Labute approximate surface area is 121 Å². The van der Waals surface area contributed by atoms with Gasteiger partial charge in [-0.15, -0.1) is 0 Å². The highest BCUT2D eigenvalue weighted by Crippen LogP contribution is 2.61. The maximum absolute atomic E-state index is 12.9. The van der Waals surface area contributed by atoms with Crippen LogP contribution in [0.15, 0.2) is 12.4 Å². The lowest BCUT2D eigenvalue weighted by atomic mass is 9.91. The molecule has 0 aliphatic carbocycles. The van der Waals surface area contributed by atoms with Gasteiger partial charge in [-0.1, -0.05) is 6.58 Å². The lowest BCUT2D eigenvalue weighted by Gasteiger charge is -2.40. The molecule has 0 aromatic rings. The highest BCUT2D eigenvalue weighted by molar-refractivity contribution is 5.17. The first-order chi connectivity index (χ1) is 10.1. The molecule has 0 heterocycles. The monoisotopic (exact) mass is 396 g/mol. The SMILES string of the molecule is C=C(F)C(F)(F)C(F)(F)C(F)(F)C(F)(F)C(F)(F)C(F)(F)C(F)F. The summed E-state index contributed by atoms with van der Waals surface area (Å²) >= 11 is 0. The zero-order chi connectivity index (χ0) is 20.2. The smallest absolute Gasteiger partial charge is 0.206 e. The van der Waals surface area contributed by atoms with Gasteiger partial charge in [0.05, 0.1) is 0 Å². The van der Waals surface area contributed by atoms with E-state index in [1.54, 1.807) is 0 Å². The van der Waals surface area contributed by atoms with Crippen LogP contribution in [0, 0.1) is 0 Å². The number of hydrogen-bond acceptors (Lipinski definition) is 0. The van der Waals surface area contributed by atoms with E-state index in [2.05, 4.69) is 0 Å². The highest BCUT2D eigenvalue weighted by Gasteiger charge is 2.91. The van der Waals surface area contributed by atoms with Gasteiger partial charge in [0.15, 0.2) is 5.83 Å². The van der Waals surface area contributed by atoms with E-state index in [-0.39, 0.29) is 0 Å². The normalized spacial score (nSPS) is 15.8. The van der Waals surface area contributed by atoms with Crippen molar-refractivity contribution in [3.8, 4) is 0 Å². The first-order valence-electron chi connectivity index (χ1n) is 5.04. The van der Waals surface area contributed by atoms with Crippen molar-refractivity contribution in [3.05, 3.63) is 12.4 Å². The summed E-state index contributed by atoms with van der Waals surface area (Å²) in [4.78, 5) is 0. The average Bonchev–Trinajstić information content (AvgIpc) is 2.36. The number of rotatable bonds is 7. The summed E-state index contributed by atoms with van der Waals surface area (Å²) in [5.41, 5.74) is 0. The van der Waals surface area contributed by atoms with E-state index < -0.39 is 47.8 Å². The predicted molar refractivity (Wildman–Crippen MR) is 45.9 cm³/mol. The molecule has 0 aromatic carbocycles. The molecule has 0 nitrogen and oxygen atoms in total. The summed E-state index contributed by atoms with van der Waals surface area (Å²) in [5.74, 6) is -49.9. The van der Waals surface area contributed by atoms with Gasteiger partial charge in [-0.05, 0) is 0 Å². The molecule has 24 heavy (non-hydrogen) atoms. The maximum Gasteiger partial charge on any atom is 0.385 e. The Kier molecular flexibility index (Phi) is 5.30. The number of allylic oxidation sites excluding steroid dienone is 1. The fourth-order valence-electron chi connectivity index (χ4n) is 1.11. The molecule has 0 saturated heterocycles. The fraction of sp³-hybridized carbons (Fsp3) is 0.778. The first-order valence-corrected chi connectivity index (χ1v) is 5.04. The lowest BCUT2D eigenvalue weighted by Crippen LogP contribution is -2.71. The van der Waals surface area contributed by atoms with E-state index in [9.17, 15) is 65.9 Å². The largest absolute Gasteiger partial charge is 0.385 e. The molecule has 0 aliphatic heterocycles. The van der Waals surface area contributed by atoms with Crippen LogP contribution in [0.4, 0.5) is 65.9 Å². The van der Waals surface area contributed by atoms with Crippen molar-refractivity contribution in [2.45, 2.75) is 42.0 Å². The van der Waals surface area contributed by atoms with Crippen LogP contribution < -0.4 is 0 Å². The summed E-state index contributed by atoms with van der Waals surface area (Å²) in [6.07, 6.45) is -5.76. The van der Waals surface area contributed by atoms with Gasteiger partial charge in [-0.2, -0.15) is 52.7 Å². The van der Waals surface area contributed by atoms with Crippen LogP contribution in [-0.4, -0.2) is 42.0 Å². The third kappa shape index (κ3) is 2.59. The van der Waals surface area contributed by atoms with Gasteiger partial charge in [0, 0.05) is 0 Å². The third-order valence-corrected chi connectivity index (χ3v) is 2.61. The van der Waals surface area contributed by atoms with Crippen LogP contribution in [0.2, 0.25) is 0 Å². The van der Waals surface area contributed by atoms with Crippen molar-refractivity contribution in [2.24, 2.45) is 0 Å². The average molecular weight is 396 g/mol. The standard InChI is InChI=1S/C9H3F15/c1-2(10)4(13,14)6(17,18)8(21,22)9(23,24)7(19,20)5(15,16)3(11)12/h3H,1H2. The summed E-state index contributed by atoms with van der Waals surface area (Å²) in [6.45, 7) is 1.40. The summed E-state index contributed by atoms with van der Waals surface area (Å²) in [6, 6.07) is 0. The van der Waals surface area contributed by atoms with Gasteiger partial charge in [0.2, 0.25) is 0 Å². The van der Waals surface area contributed by atoms with Gasteiger partial charge in [-0.3, -0.25) is 0 Å². The van der Waals surface area contributed by atoms with Crippen LogP contribution in [0.1, 0.15) is 0 Å². The van der Waals surface area contributed by atoms with Crippen LogP contribution in [0.25, 0.3) is 0 Å². The molecule has 0 radical (unpaired) electrons. The second kappa shape index (κ2) is 5.61. The molecule has 15 heteroatoms. The highest BCUT2D eigenvalue weighted by atomic mass is 19.4. The topological polar surface area (TPSA) is 0 Å². The molecular weight excluding hydrogens is 393 g/mol. The number of alkyl halides is 14. The summed E-state index contributed by atoms with van der Waals surface area (Å²) < 4.78 is 188. The predicted octanol–water partition coefficient (Wildman–Crippen LogP) is 5.55. The van der Waals surface area contributed by atoms with E-state index in [4.69, 9.17) is 0 Å². The van der Waals surface area contributed by atoms with Crippen molar-refractivity contribution < 1.29 is 65.9 Å². The van der Waals surface area contributed by atoms with Gasteiger partial charge < -0.3 is 0 Å². The minimum absolute atomic E-state index is 1.40. The van der Waals surface area contributed by atoms with E-state index in [1.807, 2.05) is 0 Å². The van der Waals surface area contributed by atoms with Gasteiger partial charge in [0.25, 0.3) is 0 Å². The van der Waals surface area contributed by atoms with E-state index in [0.29, 0.717) is 0 Å². The molecule has 0 unspecified atom stereocenters. The molecule has 0 rings (SSSR count). The van der Waals surface area contributed by atoms with Crippen LogP contribution in [0.3, 0.4) is 0 Å². The number of hydrogen-bond donors (Lipinski definition) is 0. The second-order valence-electron chi connectivity index (χ2n) is 4.20. The second-order valence-corrected chi connectivity index (χ2v) is 4.20. The van der Waals surface area contributed by atoms with E-state index in [1.165, 1.54) is 6.58 Å². The molecule has 0 aromatic heterocycles. The first kappa shape index (κ1) is 22.7. The van der Waals surface area contributed by atoms with Crippen LogP contribution in [-0.2, 0) is 0 Å². The molecule has 0 spiro atoms. The van der Waals surface area contributed by atoms with Gasteiger partial charge >= 0.3 is 42.0 Å². The molecule has 0 amide bonds. The Balaban J connectivity index is 6.43. The van der Waals surface area contributed by atoms with Crippen molar-refractivity contribution in [1.29, 1.82) is 0 Å². The molecule has 0 saturated carbocycles. The van der Waals surface area contributed by atoms with E-state index in [0.717, 1.165) is 0 Å². The van der Waals surface area contributed by atoms with Crippen molar-refractivity contribution in [2.75, 3.05) is 0 Å². The zero-order valence-corrected chi connectivity index (χ0v) is 10.5. The van der Waals surface area contributed by atoms with Gasteiger partial charge in [0.1, 0.15) is 0 Å². The van der Waals surface area contributed by atoms with Crippen LogP contribution in [0.5, 0.6) is 0 Å². The zero-order valence-electron chi connectivity index (χ0n) is 10.5. The Morgan fingerprint density at radius 3 is 1.12 bits per heavy atom. The lowest BCUT2D eigenvalue weighted by molar-refractivity contribution is -0.430. The van der Waals surface area contributed by atoms with Crippen molar-refractivity contribution in [1.82, 2.24) is 0 Å². The molecule has 0 N–H and O–H groups in total. The third-order valence-electron chi connectivity index (χ3n) is 2.61. The fourth-order valence-corrected chi connectivity index (χ4v) is 1.11. The Bertz CT molecular complexity index is 487. The maximum atomic E-state index is 12.9. The molecule has 144 valence electrons. The van der Waals surface area contributed by atoms with Crippen molar-refractivity contribution >= 4 is 0 Å². The molecular formula is C9H3F15. The summed E-state index contributed by atoms with van der Waals surface area (Å²) in [5, 5.41) is 0. The van der Waals surface area contributed by atoms with Gasteiger partial charge in [-0.25, -0.2) is 13.2 Å². The van der Waals surface area contributed by atoms with Crippen molar-refractivity contribution in [3.63, 3.8) is 0 Å². The molecule has 0 aliphatic rings. The Morgan fingerprint density at radius 2 is 0.875 bits per heavy atom. The minimum Gasteiger partial charge on any atom is -0.206 e. The Morgan fingerprint density at radius 1 is 0.583 bits per heavy atom.